The Kier molecular flexibility index (Phi) is 3.23. The van der Waals surface area contributed by atoms with Gasteiger partial charge in [-0.2, -0.15) is 5.26 Å². The van der Waals surface area contributed by atoms with E-state index < -0.39 is 0 Å². The molecule has 2 heterocycles. The van der Waals surface area contributed by atoms with Gasteiger partial charge in [0.2, 0.25) is 5.78 Å². The third-order valence-corrected chi connectivity index (χ3v) is 3.58. The number of ether oxygens (including phenoxy) is 2. The molecule has 4 nitrogen and oxygen atoms in total. The minimum atomic E-state index is -0.139. The predicted molar refractivity (Wildman–Crippen MR) is 74.8 cm³/mol. The van der Waals surface area contributed by atoms with Crippen molar-refractivity contribution in [1.82, 2.24) is 0 Å². The summed E-state index contributed by atoms with van der Waals surface area (Å²) in [6, 6.07) is 10.7. The molecule has 0 saturated heterocycles. The standard InChI is InChI=1S/C15H9NO3S/c16-5-6-18-10-3-4-12-13(8-10)19-14(15(12)17)9-11-2-1-7-20-11/h1-4,7-9H,6H2. The lowest BCUT2D eigenvalue weighted by Gasteiger charge is -2.02. The smallest absolute Gasteiger partial charge is 0.232 e. The van der Waals surface area contributed by atoms with Gasteiger partial charge in [0.15, 0.2) is 12.4 Å². The summed E-state index contributed by atoms with van der Waals surface area (Å²) in [5, 5.41) is 10.4. The van der Waals surface area contributed by atoms with Crippen LogP contribution in [0.25, 0.3) is 6.08 Å². The molecule has 5 heteroatoms. The summed E-state index contributed by atoms with van der Waals surface area (Å²) in [4.78, 5) is 13.1. The first-order valence-corrected chi connectivity index (χ1v) is 6.77. The summed E-state index contributed by atoms with van der Waals surface area (Å²) in [6.07, 6.45) is 1.73. The molecule has 0 unspecified atom stereocenters. The minimum absolute atomic E-state index is 0.0371. The highest BCUT2D eigenvalue weighted by Crippen LogP contribution is 2.35. The van der Waals surface area contributed by atoms with Gasteiger partial charge in [-0.3, -0.25) is 4.79 Å². The molecule has 0 bridgehead atoms. The summed E-state index contributed by atoms with van der Waals surface area (Å²) in [5.41, 5.74) is 0.511. The molecule has 20 heavy (non-hydrogen) atoms. The largest absolute Gasteiger partial charge is 0.479 e. The number of rotatable bonds is 3. The van der Waals surface area contributed by atoms with Crippen molar-refractivity contribution in [3.05, 3.63) is 51.9 Å². The Hall–Kier alpha value is -2.58. The van der Waals surface area contributed by atoms with Gasteiger partial charge in [0.25, 0.3) is 0 Å². The van der Waals surface area contributed by atoms with Crippen molar-refractivity contribution in [1.29, 1.82) is 5.26 Å². The first-order chi connectivity index (χ1) is 9.78. The van der Waals surface area contributed by atoms with Gasteiger partial charge in [0.1, 0.15) is 17.6 Å². The summed E-state index contributed by atoms with van der Waals surface area (Å²) in [5.74, 6) is 1.14. The molecular weight excluding hydrogens is 274 g/mol. The molecule has 0 aliphatic carbocycles. The molecule has 1 aromatic heterocycles. The van der Waals surface area contributed by atoms with Gasteiger partial charge >= 0.3 is 0 Å². The Morgan fingerprint density at radius 2 is 2.30 bits per heavy atom. The summed E-state index contributed by atoms with van der Waals surface area (Å²) >= 11 is 1.54. The van der Waals surface area contributed by atoms with Crippen molar-refractivity contribution in [2.45, 2.75) is 0 Å². The van der Waals surface area contributed by atoms with Crippen molar-refractivity contribution >= 4 is 23.2 Å². The number of nitrogens with zero attached hydrogens (tertiary/aromatic N) is 1. The summed E-state index contributed by atoms with van der Waals surface area (Å²) in [6.45, 7) is -0.0371. The number of thiophene rings is 1. The van der Waals surface area contributed by atoms with E-state index in [1.807, 2.05) is 23.6 Å². The van der Waals surface area contributed by atoms with Gasteiger partial charge in [0.05, 0.1) is 5.56 Å². The zero-order chi connectivity index (χ0) is 13.9. The monoisotopic (exact) mass is 283 g/mol. The van der Waals surface area contributed by atoms with Crippen molar-refractivity contribution in [3.63, 3.8) is 0 Å². The van der Waals surface area contributed by atoms with Crippen molar-refractivity contribution in [3.8, 4) is 17.6 Å². The predicted octanol–water partition coefficient (Wildman–Crippen LogP) is 3.27. The SMILES string of the molecule is N#CCOc1ccc2c(c1)OC(=Cc1cccs1)C2=O. The first-order valence-electron chi connectivity index (χ1n) is 5.89. The Morgan fingerprint density at radius 1 is 1.40 bits per heavy atom. The number of benzene rings is 1. The summed E-state index contributed by atoms with van der Waals surface area (Å²) in [7, 11) is 0. The number of hydrogen-bond donors (Lipinski definition) is 0. The maximum Gasteiger partial charge on any atom is 0.232 e. The molecule has 0 amide bonds. The fraction of sp³-hybridized carbons (Fsp3) is 0.0667. The molecule has 98 valence electrons. The molecule has 0 N–H and O–H groups in total. The lowest BCUT2D eigenvalue weighted by Crippen LogP contribution is -1.97. The van der Waals surface area contributed by atoms with E-state index in [0.717, 1.165) is 4.88 Å². The van der Waals surface area contributed by atoms with Gasteiger partial charge in [-0.1, -0.05) is 6.07 Å². The third-order valence-electron chi connectivity index (χ3n) is 2.76. The van der Waals surface area contributed by atoms with E-state index in [2.05, 4.69) is 0 Å². The van der Waals surface area contributed by atoms with Crippen LogP contribution >= 0.6 is 11.3 Å². The maximum atomic E-state index is 12.2. The third kappa shape index (κ3) is 2.29. The van der Waals surface area contributed by atoms with Gasteiger partial charge < -0.3 is 9.47 Å². The first kappa shape index (κ1) is 12.5. The quantitative estimate of drug-likeness (QED) is 0.811. The van der Waals surface area contributed by atoms with Crippen molar-refractivity contribution < 1.29 is 14.3 Å². The van der Waals surface area contributed by atoms with Gasteiger partial charge in [0, 0.05) is 17.0 Å². The second kappa shape index (κ2) is 5.19. The number of carbonyl (C=O) groups excluding carboxylic acids is 1. The van der Waals surface area contributed by atoms with Crippen molar-refractivity contribution in [2.75, 3.05) is 6.61 Å². The second-order valence-electron chi connectivity index (χ2n) is 4.06. The minimum Gasteiger partial charge on any atom is -0.479 e. The van der Waals surface area contributed by atoms with Gasteiger partial charge in [-0.15, -0.1) is 11.3 Å². The number of allylic oxidation sites excluding steroid dienone is 1. The van der Waals surface area contributed by atoms with Crippen molar-refractivity contribution in [2.24, 2.45) is 0 Å². The van der Waals surface area contributed by atoms with Crippen LogP contribution in [0.4, 0.5) is 0 Å². The zero-order valence-corrected chi connectivity index (χ0v) is 11.1. The molecule has 1 aromatic carbocycles. The van der Waals surface area contributed by atoms with Crippen LogP contribution in [-0.4, -0.2) is 12.4 Å². The van der Waals surface area contributed by atoms with Crippen LogP contribution in [0.3, 0.4) is 0 Å². The van der Waals surface area contributed by atoms with Crippen LogP contribution in [-0.2, 0) is 0 Å². The molecule has 0 radical (unpaired) electrons. The molecule has 0 atom stereocenters. The topological polar surface area (TPSA) is 59.3 Å². The van der Waals surface area contributed by atoms with E-state index in [0.29, 0.717) is 22.8 Å². The highest BCUT2D eigenvalue weighted by atomic mass is 32.1. The molecule has 0 fully saturated rings. The highest BCUT2D eigenvalue weighted by molar-refractivity contribution is 7.10. The Labute approximate surface area is 119 Å². The second-order valence-corrected chi connectivity index (χ2v) is 5.04. The summed E-state index contributed by atoms with van der Waals surface area (Å²) < 4.78 is 10.8. The average Bonchev–Trinajstić information content (AvgIpc) is 3.06. The van der Waals surface area contributed by atoms with Crippen LogP contribution < -0.4 is 9.47 Å². The fourth-order valence-corrected chi connectivity index (χ4v) is 2.52. The Bertz CT molecular complexity index is 726. The van der Waals surface area contributed by atoms with Crippen LogP contribution in [0, 0.1) is 11.3 Å². The van der Waals surface area contributed by atoms with Crippen LogP contribution in [0.2, 0.25) is 0 Å². The number of carbonyl (C=O) groups is 1. The maximum absolute atomic E-state index is 12.2. The number of Topliss-reactive ketones (excluding diaryl/α,β-unsaturated/α-hetero) is 1. The van der Waals surface area contributed by atoms with Crippen LogP contribution in [0.1, 0.15) is 15.2 Å². The number of nitriles is 1. The van der Waals surface area contributed by atoms with E-state index >= 15 is 0 Å². The number of fused-ring (bicyclic) bond motifs is 1. The van der Waals surface area contributed by atoms with Crippen LogP contribution in [0.5, 0.6) is 11.5 Å². The van der Waals surface area contributed by atoms with E-state index in [-0.39, 0.29) is 12.4 Å². The highest BCUT2D eigenvalue weighted by Gasteiger charge is 2.27. The zero-order valence-electron chi connectivity index (χ0n) is 10.3. The average molecular weight is 283 g/mol. The van der Waals surface area contributed by atoms with Crippen LogP contribution in [0.15, 0.2) is 41.5 Å². The molecule has 1 aliphatic rings. The van der Waals surface area contributed by atoms with E-state index in [1.54, 1.807) is 24.3 Å². The number of hydrogen-bond acceptors (Lipinski definition) is 5. The van der Waals surface area contributed by atoms with Gasteiger partial charge in [-0.25, -0.2) is 0 Å². The Morgan fingerprint density at radius 3 is 3.05 bits per heavy atom. The lowest BCUT2D eigenvalue weighted by molar-refractivity contribution is 0.101. The Balaban J connectivity index is 1.88. The normalized spacial score (nSPS) is 14.8. The molecule has 1 aliphatic heterocycles. The molecule has 0 saturated carbocycles. The molecular formula is C15H9NO3S. The molecule has 3 rings (SSSR count). The van der Waals surface area contributed by atoms with E-state index in [4.69, 9.17) is 14.7 Å². The number of ketones is 1. The van der Waals surface area contributed by atoms with Gasteiger partial charge in [-0.05, 0) is 23.6 Å². The van der Waals surface area contributed by atoms with E-state index in [1.165, 1.54) is 11.3 Å². The van der Waals surface area contributed by atoms with E-state index in [9.17, 15) is 4.79 Å². The molecule has 2 aromatic rings. The lowest BCUT2D eigenvalue weighted by atomic mass is 10.1. The molecule has 0 spiro atoms. The fourth-order valence-electron chi connectivity index (χ4n) is 1.88.